The Balaban J connectivity index is 2.10. The molecule has 2 rings (SSSR count). The van der Waals surface area contributed by atoms with Crippen molar-refractivity contribution in [3.63, 3.8) is 0 Å². The van der Waals surface area contributed by atoms with Gasteiger partial charge in [0.1, 0.15) is 17.2 Å². The second kappa shape index (κ2) is 6.36. The van der Waals surface area contributed by atoms with E-state index in [4.69, 9.17) is 4.74 Å². The van der Waals surface area contributed by atoms with Crippen LogP contribution in [0.1, 0.15) is 32.8 Å². The van der Waals surface area contributed by atoms with Gasteiger partial charge in [0.2, 0.25) is 0 Å². The van der Waals surface area contributed by atoms with Crippen LogP contribution in [0.15, 0.2) is 22.7 Å². The fourth-order valence-electron chi connectivity index (χ4n) is 2.16. The van der Waals surface area contributed by atoms with Gasteiger partial charge in [0, 0.05) is 13.1 Å². The summed E-state index contributed by atoms with van der Waals surface area (Å²) in [7, 11) is 0. The van der Waals surface area contributed by atoms with Gasteiger partial charge < -0.3 is 9.64 Å². The lowest BCUT2D eigenvalue weighted by Gasteiger charge is -2.29. The van der Waals surface area contributed by atoms with Gasteiger partial charge in [-0.05, 0) is 66.4 Å². The molecular weight excluding hydrogens is 356 g/mol. The zero-order valence-corrected chi connectivity index (χ0v) is 14.3. The average Bonchev–Trinajstić information content (AvgIpc) is 2.42. The Labute approximate surface area is 137 Å². The summed E-state index contributed by atoms with van der Waals surface area (Å²) in [4.78, 5) is 13.5. The molecule has 1 aliphatic heterocycles. The summed E-state index contributed by atoms with van der Waals surface area (Å²) < 4.78 is 32.3. The van der Waals surface area contributed by atoms with Gasteiger partial charge in [0.25, 0.3) is 0 Å². The molecule has 0 fully saturated rings. The third-order valence-electron chi connectivity index (χ3n) is 3.22. The van der Waals surface area contributed by atoms with Crippen molar-refractivity contribution in [1.29, 1.82) is 0 Å². The van der Waals surface area contributed by atoms with Crippen molar-refractivity contribution >= 4 is 27.6 Å². The molecule has 1 aromatic carbocycles. The van der Waals surface area contributed by atoms with Crippen LogP contribution in [-0.2, 0) is 4.74 Å². The van der Waals surface area contributed by atoms with Gasteiger partial charge in [-0.15, -0.1) is 0 Å². The van der Waals surface area contributed by atoms with E-state index < -0.39 is 17.2 Å². The molecule has 6 heteroatoms. The zero-order chi connectivity index (χ0) is 16.5. The Morgan fingerprint density at radius 2 is 1.86 bits per heavy atom. The van der Waals surface area contributed by atoms with Gasteiger partial charge in [-0.3, -0.25) is 0 Å². The van der Waals surface area contributed by atoms with Crippen LogP contribution in [0, 0.1) is 11.6 Å². The summed E-state index contributed by atoms with van der Waals surface area (Å²) in [5.74, 6) is -1.27. The number of carbonyl (C=O) groups is 1. The van der Waals surface area contributed by atoms with Gasteiger partial charge in [0.15, 0.2) is 0 Å². The Morgan fingerprint density at radius 1 is 1.27 bits per heavy atom. The number of rotatable bonds is 1. The van der Waals surface area contributed by atoms with Crippen molar-refractivity contribution in [1.82, 2.24) is 4.90 Å². The largest absolute Gasteiger partial charge is 0.444 e. The molecule has 0 atom stereocenters. The van der Waals surface area contributed by atoms with Gasteiger partial charge >= 0.3 is 6.09 Å². The first-order valence-corrected chi connectivity index (χ1v) is 7.78. The third-order valence-corrected chi connectivity index (χ3v) is 3.97. The molecule has 0 saturated heterocycles. The Bertz CT molecular complexity index is 600. The van der Waals surface area contributed by atoms with E-state index >= 15 is 0 Å². The molecule has 0 unspecified atom stereocenters. The van der Waals surface area contributed by atoms with Crippen LogP contribution in [0.2, 0.25) is 0 Å². The van der Waals surface area contributed by atoms with Crippen molar-refractivity contribution in [3.05, 3.63) is 39.9 Å². The number of hydrogen-bond donors (Lipinski definition) is 0. The van der Waals surface area contributed by atoms with E-state index in [1.807, 2.05) is 20.8 Å². The highest BCUT2D eigenvalue weighted by Gasteiger charge is 2.24. The van der Waals surface area contributed by atoms with E-state index in [9.17, 15) is 13.6 Å². The van der Waals surface area contributed by atoms with Crippen LogP contribution in [0.4, 0.5) is 13.6 Å². The Morgan fingerprint density at radius 3 is 2.32 bits per heavy atom. The maximum atomic E-state index is 13.6. The second-order valence-corrected chi connectivity index (χ2v) is 6.95. The maximum absolute atomic E-state index is 13.6. The monoisotopic (exact) mass is 373 g/mol. The highest BCUT2D eigenvalue weighted by molar-refractivity contribution is 9.10. The van der Waals surface area contributed by atoms with Crippen LogP contribution >= 0.6 is 15.9 Å². The number of nitrogens with zero attached hydrogens (tertiary/aromatic N) is 1. The fourth-order valence-corrected chi connectivity index (χ4v) is 2.39. The Kier molecular flexibility index (Phi) is 4.90. The molecule has 0 bridgehead atoms. The first-order chi connectivity index (χ1) is 10.2. The topological polar surface area (TPSA) is 29.5 Å². The summed E-state index contributed by atoms with van der Waals surface area (Å²) in [6.45, 7) is 6.25. The van der Waals surface area contributed by atoms with Gasteiger partial charge in [0.05, 0.1) is 4.47 Å². The van der Waals surface area contributed by atoms with Crippen molar-refractivity contribution in [3.8, 4) is 0 Å². The molecule has 1 amide bonds. The molecule has 0 aliphatic carbocycles. The van der Waals surface area contributed by atoms with Crippen LogP contribution in [0.3, 0.4) is 0 Å². The molecule has 1 aliphatic rings. The molecule has 0 N–H and O–H groups in total. The third kappa shape index (κ3) is 4.06. The standard InChI is InChI=1S/C16H18BrF2NO2/c1-16(2,3)22-15(21)20-6-4-10(5-7-20)11-8-12(18)14(17)13(19)9-11/h4,8-9H,5-7H2,1-3H3. The molecule has 120 valence electrons. The van der Waals surface area contributed by atoms with Gasteiger partial charge in [-0.1, -0.05) is 6.08 Å². The minimum absolute atomic E-state index is 0.164. The van der Waals surface area contributed by atoms with Crippen LogP contribution in [0.5, 0.6) is 0 Å². The number of benzene rings is 1. The van der Waals surface area contributed by atoms with Crippen molar-refractivity contribution in [2.24, 2.45) is 0 Å². The molecule has 0 spiro atoms. The maximum Gasteiger partial charge on any atom is 0.410 e. The number of carbonyl (C=O) groups excluding carboxylic acids is 1. The lowest BCUT2D eigenvalue weighted by atomic mass is 9.99. The van der Waals surface area contributed by atoms with Crippen molar-refractivity contribution in [2.45, 2.75) is 32.8 Å². The van der Waals surface area contributed by atoms with E-state index in [2.05, 4.69) is 15.9 Å². The normalized spacial score (nSPS) is 15.5. The molecule has 0 aromatic heterocycles. The highest BCUT2D eigenvalue weighted by Crippen LogP contribution is 2.28. The highest BCUT2D eigenvalue weighted by atomic mass is 79.9. The first kappa shape index (κ1) is 16.9. The molecule has 1 heterocycles. The number of hydrogen-bond acceptors (Lipinski definition) is 2. The predicted octanol–water partition coefficient (Wildman–Crippen LogP) is 4.75. The van der Waals surface area contributed by atoms with Crippen LogP contribution in [0.25, 0.3) is 5.57 Å². The Hall–Kier alpha value is -1.43. The average molecular weight is 374 g/mol. The smallest absolute Gasteiger partial charge is 0.410 e. The van der Waals surface area contributed by atoms with E-state index in [0.717, 1.165) is 5.57 Å². The summed E-state index contributed by atoms with van der Waals surface area (Å²) in [5.41, 5.74) is 0.783. The fraction of sp³-hybridized carbons (Fsp3) is 0.438. The lowest BCUT2D eigenvalue weighted by Crippen LogP contribution is -2.39. The van der Waals surface area contributed by atoms with Crippen molar-refractivity contribution < 1.29 is 18.3 Å². The molecule has 3 nitrogen and oxygen atoms in total. The van der Waals surface area contributed by atoms with E-state index in [1.54, 1.807) is 11.0 Å². The van der Waals surface area contributed by atoms with Gasteiger partial charge in [-0.25, -0.2) is 13.6 Å². The zero-order valence-electron chi connectivity index (χ0n) is 12.8. The molecule has 0 saturated carbocycles. The number of halogens is 3. The quantitative estimate of drug-likeness (QED) is 0.664. The summed E-state index contributed by atoms with van der Waals surface area (Å²) in [6, 6.07) is 2.59. The summed E-state index contributed by atoms with van der Waals surface area (Å²) >= 11 is 2.85. The minimum Gasteiger partial charge on any atom is -0.444 e. The minimum atomic E-state index is -0.634. The SMILES string of the molecule is CC(C)(C)OC(=O)N1CC=C(c2cc(F)c(Br)c(F)c2)CC1. The van der Waals surface area contributed by atoms with Crippen LogP contribution < -0.4 is 0 Å². The van der Waals surface area contributed by atoms with E-state index in [-0.39, 0.29) is 10.6 Å². The van der Waals surface area contributed by atoms with E-state index in [0.29, 0.717) is 25.1 Å². The summed E-state index contributed by atoms with van der Waals surface area (Å²) in [6.07, 6.45) is 1.95. The predicted molar refractivity (Wildman–Crippen MR) is 84.5 cm³/mol. The molecule has 1 aromatic rings. The molecular formula is C16H18BrF2NO2. The lowest BCUT2D eigenvalue weighted by molar-refractivity contribution is 0.0270. The molecule has 22 heavy (non-hydrogen) atoms. The first-order valence-electron chi connectivity index (χ1n) is 6.99. The summed E-state index contributed by atoms with van der Waals surface area (Å²) in [5, 5.41) is 0. The second-order valence-electron chi connectivity index (χ2n) is 6.16. The number of amides is 1. The van der Waals surface area contributed by atoms with Crippen molar-refractivity contribution in [2.75, 3.05) is 13.1 Å². The van der Waals surface area contributed by atoms with Gasteiger partial charge in [-0.2, -0.15) is 0 Å². The van der Waals surface area contributed by atoms with E-state index in [1.165, 1.54) is 12.1 Å². The number of ether oxygens (including phenoxy) is 1. The van der Waals surface area contributed by atoms with Crippen LogP contribution in [-0.4, -0.2) is 29.7 Å². The molecule has 0 radical (unpaired) electrons.